The molecule has 2 aromatic rings. The summed E-state index contributed by atoms with van der Waals surface area (Å²) in [7, 11) is -0.709. The highest BCUT2D eigenvalue weighted by Gasteiger charge is 2.31. The fourth-order valence-corrected chi connectivity index (χ4v) is 5.43. The van der Waals surface area contributed by atoms with E-state index < -0.39 is 15.1 Å². The Kier molecular flexibility index (Phi) is 7.31. The Labute approximate surface area is 162 Å². The summed E-state index contributed by atoms with van der Waals surface area (Å²) < 4.78 is 36.9. The lowest BCUT2D eigenvalue weighted by molar-refractivity contribution is -0.120. The lowest BCUT2D eigenvalue weighted by Gasteiger charge is -2.19. The molecular formula is C17H20ClNO5S2. The molecule has 0 saturated carbocycles. The van der Waals surface area contributed by atoms with Crippen LogP contribution in [-0.4, -0.2) is 41.0 Å². The van der Waals surface area contributed by atoms with Crippen LogP contribution in [0.4, 0.5) is 0 Å². The van der Waals surface area contributed by atoms with Gasteiger partial charge >= 0.3 is 0 Å². The van der Waals surface area contributed by atoms with Crippen molar-refractivity contribution < 1.29 is 22.7 Å². The van der Waals surface area contributed by atoms with Crippen molar-refractivity contribution in [2.24, 2.45) is 0 Å². The molecule has 0 aliphatic heterocycles. The van der Waals surface area contributed by atoms with Gasteiger partial charge < -0.3 is 14.8 Å². The summed E-state index contributed by atoms with van der Waals surface area (Å²) in [6.07, 6.45) is 0.124. The molecule has 0 fully saturated rings. The number of hydrogen-bond donors (Lipinski definition) is 1. The first-order chi connectivity index (χ1) is 12.4. The molecule has 6 nitrogen and oxygen atoms in total. The zero-order valence-corrected chi connectivity index (χ0v) is 16.8. The minimum Gasteiger partial charge on any atom is -0.493 e. The number of rotatable bonds is 9. The first kappa shape index (κ1) is 20.5. The van der Waals surface area contributed by atoms with Gasteiger partial charge in [-0.2, -0.15) is 0 Å². The van der Waals surface area contributed by atoms with Gasteiger partial charge in [0.2, 0.25) is 5.91 Å². The molecule has 0 aliphatic carbocycles. The van der Waals surface area contributed by atoms with Crippen LogP contribution >= 0.6 is 22.9 Å². The summed E-state index contributed by atoms with van der Waals surface area (Å²) in [5.74, 6) is 0.787. The molecule has 26 heavy (non-hydrogen) atoms. The van der Waals surface area contributed by atoms with Crippen LogP contribution in [-0.2, 0) is 14.6 Å². The molecular weight excluding hydrogens is 398 g/mol. The van der Waals surface area contributed by atoms with Gasteiger partial charge in [-0.15, -0.1) is 22.9 Å². The summed E-state index contributed by atoms with van der Waals surface area (Å²) in [6.45, 7) is -0.0640. The number of thiophene rings is 1. The average Bonchev–Trinajstić information content (AvgIpc) is 3.17. The van der Waals surface area contributed by atoms with Crippen LogP contribution in [0.15, 0.2) is 39.9 Å². The maximum absolute atomic E-state index is 13.1. The van der Waals surface area contributed by atoms with Crippen LogP contribution in [0.25, 0.3) is 0 Å². The van der Waals surface area contributed by atoms with Crippen LogP contribution in [0, 0.1) is 0 Å². The molecule has 1 atom stereocenters. The van der Waals surface area contributed by atoms with Crippen molar-refractivity contribution in [2.45, 2.75) is 15.9 Å². The second-order valence-corrected chi connectivity index (χ2v) is 9.01. The third-order valence-corrected chi connectivity index (χ3v) is 7.46. The van der Waals surface area contributed by atoms with Crippen LogP contribution in [0.1, 0.15) is 17.2 Å². The van der Waals surface area contributed by atoms with Crippen molar-refractivity contribution in [3.8, 4) is 11.5 Å². The molecule has 0 bridgehead atoms. The van der Waals surface area contributed by atoms with Crippen LogP contribution in [0.2, 0.25) is 0 Å². The lowest BCUT2D eigenvalue weighted by Crippen LogP contribution is -2.31. The average molecular weight is 418 g/mol. The number of alkyl halides is 1. The Hall–Kier alpha value is -1.77. The molecule has 2 rings (SSSR count). The number of nitrogens with one attached hydrogen (secondary N) is 1. The van der Waals surface area contributed by atoms with Gasteiger partial charge in [-0.1, -0.05) is 12.1 Å². The van der Waals surface area contributed by atoms with E-state index in [1.165, 1.54) is 14.2 Å². The molecule has 0 saturated heterocycles. The Bertz CT molecular complexity index is 837. The Morgan fingerprint density at radius 2 is 1.96 bits per heavy atom. The van der Waals surface area contributed by atoms with Crippen molar-refractivity contribution in [2.75, 3.05) is 26.6 Å². The molecule has 1 aromatic heterocycles. The van der Waals surface area contributed by atoms with E-state index in [1.807, 2.05) is 0 Å². The monoisotopic (exact) mass is 417 g/mol. The maximum atomic E-state index is 13.1. The number of hydrogen-bond acceptors (Lipinski definition) is 6. The van der Waals surface area contributed by atoms with Crippen molar-refractivity contribution in [1.29, 1.82) is 0 Å². The van der Waals surface area contributed by atoms with Gasteiger partial charge in [-0.3, -0.25) is 4.79 Å². The Morgan fingerprint density at radius 3 is 2.54 bits per heavy atom. The summed E-state index contributed by atoms with van der Waals surface area (Å²) in [4.78, 5) is 11.8. The van der Waals surface area contributed by atoms with E-state index >= 15 is 0 Å². The van der Waals surface area contributed by atoms with Crippen molar-refractivity contribution in [1.82, 2.24) is 5.32 Å². The second-order valence-electron chi connectivity index (χ2n) is 5.32. The zero-order chi connectivity index (χ0) is 19.2. The number of sulfone groups is 1. The number of halogens is 1. The largest absolute Gasteiger partial charge is 0.493 e. The van der Waals surface area contributed by atoms with E-state index in [0.717, 1.165) is 11.3 Å². The van der Waals surface area contributed by atoms with Gasteiger partial charge in [0.05, 0.1) is 14.2 Å². The third kappa shape index (κ3) is 4.69. The maximum Gasteiger partial charge on any atom is 0.221 e. The van der Waals surface area contributed by atoms with Gasteiger partial charge in [0.25, 0.3) is 0 Å². The number of carbonyl (C=O) groups is 1. The molecule has 1 heterocycles. The first-order valence-corrected chi connectivity index (χ1v) is 10.7. The van der Waals surface area contributed by atoms with Crippen LogP contribution in [0.3, 0.4) is 0 Å². The van der Waals surface area contributed by atoms with Gasteiger partial charge in [-0.05, 0) is 29.1 Å². The van der Waals surface area contributed by atoms with E-state index in [4.69, 9.17) is 21.1 Å². The molecule has 1 aromatic carbocycles. The molecule has 9 heteroatoms. The highest BCUT2D eigenvalue weighted by Crippen LogP contribution is 2.36. The SMILES string of the molecule is COc1ccc([C@H](CNC(=O)CCCl)S(=O)(=O)c2cccs2)cc1OC. The smallest absolute Gasteiger partial charge is 0.221 e. The summed E-state index contributed by atoms with van der Waals surface area (Å²) >= 11 is 6.70. The summed E-state index contributed by atoms with van der Waals surface area (Å²) in [5, 5.41) is 3.39. The number of amides is 1. The Balaban J connectivity index is 2.42. The standard InChI is InChI=1S/C17H20ClNO5S2/c1-23-13-6-5-12(10-14(13)24-2)15(11-19-16(20)7-8-18)26(21,22)17-4-3-9-25-17/h3-6,9-10,15H,7-8,11H2,1-2H3,(H,19,20)/t15-/m0/s1. The van der Waals surface area contributed by atoms with Crippen molar-refractivity contribution in [3.63, 3.8) is 0 Å². The summed E-state index contributed by atoms with van der Waals surface area (Å²) in [5.41, 5.74) is 0.502. The van der Waals surface area contributed by atoms with Gasteiger partial charge in [0.15, 0.2) is 21.3 Å². The highest BCUT2D eigenvalue weighted by molar-refractivity contribution is 7.93. The van der Waals surface area contributed by atoms with Gasteiger partial charge in [0.1, 0.15) is 9.46 Å². The number of ether oxygens (including phenoxy) is 2. The topological polar surface area (TPSA) is 81.7 Å². The second kappa shape index (κ2) is 9.25. The molecule has 1 amide bonds. The normalized spacial score (nSPS) is 12.4. The van der Waals surface area contributed by atoms with Crippen molar-refractivity contribution in [3.05, 3.63) is 41.3 Å². The lowest BCUT2D eigenvalue weighted by atomic mass is 10.1. The molecule has 142 valence electrons. The quantitative estimate of drug-likeness (QED) is 0.634. The Morgan fingerprint density at radius 1 is 1.23 bits per heavy atom. The number of benzene rings is 1. The number of methoxy groups -OCH3 is 2. The highest BCUT2D eigenvalue weighted by atomic mass is 35.5. The van der Waals surface area contributed by atoms with E-state index in [0.29, 0.717) is 17.1 Å². The minimum atomic E-state index is -3.69. The predicted octanol–water partition coefficient (Wildman–Crippen LogP) is 3.03. The molecule has 1 N–H and O–H groups in total. The minimum absolute atomic E-state index is 0.0640. The van der Waals surface area contributed by atoms with Crippen LogP contribution in [0.5, 0.6) is 11.5 Å². The molecule has 0 radical (unpaired) electrons. The van der Waals surface area contributed by atoms with E-state index in [1.54, 1.807) is 35.7 Å². The predicted molar refractivity (Wildman–Crippen MR) is 102 cm³/mol. The first-order valence-electron chi connectivity index (χ1n) is 7.76. The molecule has 0 spiro atoms. The molecule has 0 aliphatic rings. The van der Waals surface area contributed by atoms with E-state index in [-0.39, 0.29) is 29.0 Å². The number of carbonyl (C=O) groups excluding carboxylic acids is 1. The fraction of sp³-hybridized carbons (Fsp3) is 0.353. The van der Waals surface area contributed by atoms with Gasteiger partial charge in [0, 0.05) is 18.8 Å². The fourth-order valence-electron chi connectivity index (χ4n) is 2.41. The van der Waals surface area contributed by atoms with E-state index in [2.05, 4.69) is 5.32 Å². The van der Waals surface area contributed by atoms with Crippen molar-refractivity contribution >= 4 is 38.7 Å². The summed E-state index contributed by atoms with van der Waals surface area (Å²) in [6, 6.07) is 8.14. The third-order valence-electron chi connectivity index (χ3n) is 3.74. The molecule has 0 unspecified atom stereocenters. The van der Waals surface area contributed by atoms with E-state index in [9.17, 15) is 13.2 Å². The van der Waals surface area contributed by atoms with Crippen LogP contribution < -0.4 is 14.8 Å². The van der Waals surface area contributed by atoms with Gasteiger partial charge in [-0.25, -0.2) is 8.42 Å². The zero-order valence-electron chi connectivity index (χ0n) is 14.4.